The Labute approximate surface area is 120 Å². The Hall–Kier alpha value is -1.51. The van der Waals surface area contributed by atoms with Gasteiger partial charge < -0.3 is 9.64 Å². The maximum Gasteiger partial charge on any atom is 0.222 e. The van der Waals surface area contributed by atoms with Crippen molar-refractivity contribution in [1.82, 2.24) is 4.90 Å². The fourth-order valence-corrected chi connectivity index (χ4v) is 3.33. The van der Waals surface area contributed by atoms with Crippen molar-refractivity contribution in [1.29, 1.82) is 0 Å². The number of benzene rings is 1. The Kier molecular flexibility index (Phi) is 4.24. The van der Waals surface area contributed by atoms with Gasteiger partial charge in [0.05, 0.1) is 6.54 Å². The Morgan fingerprint density at radius 2 is 1.90 bits per heavy atom. The Bertz CT molecular complexity index is 440. The molecule has 1 atom stereocenters. The van der Waals surface area contributed by atoms with Crippen molar-refractivity contribution in [3.63, 3.8) is 0 Å². The first-order chi connectivity index (χ1) is 9.81. The summed E-state index contributed by atoms with van der Waals surface area (Å²) < 4.78 is 5.93. The Balaban J connectivity index is 1.47. The number of ether oxygens (including phenoxy) is 1. The monoisotopic (exact) mass is 273 g/mol. The molecular formula is C17H23NO2. The van der Waals surface area contributed by atoms with Gasteiger partial charge in [-0.1, -0.05) is 31.0 Å². The summed E-state index contributed by atoms with van der Waals surface area (Å²) >= 11 is 0. The van der Waals surface area contributed by atoms with Crippen LogP contribution in [0.2, 0.25) is 0 Å². The van der Waals surface area contributed by atoms with Crippen LogP contribution in [0.4, 0.5) is 0 Å². The van der Waals surface area contributed by atoms with E-state index in [4.69, 9.17) is 4.74 Å². The van der Waals surface area contributed by atoms with Crippen LogP contribution in [0.3, 0.4) is 0 Å². The lowest BCUT2D eigenvalue weighted by atomic mass is 10.0. The molecule has 108 valence electrons. The summed E-state index contributed by atoms with van der Waals surface area (Å²) in [6.45, 7) is 1.60. The minimum atomic E-state index is 0.157. The molecule has 1 amide bonds. The SMILES string of the molecule is O=C(CC1CCCC1)N1CCC(Oc2ccccc2)C1. The molecule has 0 spiro atoms. The maximum atomic E-state index is 12.3. The molecule has 1 saturated heterocycles. The molecule has 20 heavy (non-hydrogen) atoms. The van der Waals surface area contributed by atoms with Gasteiger partial charge in [0.15, 0.2) is 0 Å². The molecule has 1 aromatic rings. The third-order valence-electron chi connectivity index (χ3n) is 4.48. The first-order valence-electron chi connectivity index (χ1n) is 7.81. The largest absolute Gasteiger partial charge is 0.489 e. The first-order valence-corrected chi connectivity index (χ1v) is 7.81. The van der Waals surface area contributed by atoms with Crippen molar-refractivity contribution in [2.45, 2.75) is 44.6 Å². The molecular weight excluding hydrogens is 250 g/mol. The van der Waals surface area contributed by atoms with Gasteiger partial charge in [0.2, 0.25) is 5.91 Å². The normalized spacial score (nSPS) is 23.2. The number of hydrogen-bond donors (Lipinski definition) is 0. The van der Waals surface area contributed by atoms with Crippen molar-refractivity contribution in [2.24, 2.45) is 5.92 Å². The molecule has 1 aliphatic carbocycles. The van der Waals surface area contributed by atoms with Crippen LogP contribution >= 0.6 is 0 Å². The van der Waals surface area contributed by atoms with Crippen LogP contribution in [0, 0.1) is 5.92 Å². The molecule has 0 bridgehead atoms. The van der Waals surface area contributed by atoms with Gasteiger partial charge in [0, 0.05) is 19.4 Å². The molecule has 3 nitrogen and oxygen atoms in total. The molecule has 0 aromatic heterocycles. The van der Waals surface area contributed by atoms with E-state index in [1.54, 1.807) is 0 Å². The van der Waals surface area contributed by atoms with Crippen LogP contribution in [-0.4, -0.2) is 30.0 Å². The van der Waals surface area contributed by atoms with Crippen molar-refractivity contribution in [3.05, 3.63) is 30.3 Å². The van der Waals surface area contributed by atoms with E-state index in [0.717, 1.165) is 31.7 Å². The molecule has 1 aliphatic heterocycles. The quantitative estimate of drug-likeness (QED) is 0.843. The van der Waals surface area contributed by atoms with Gasteiger partial charge in [-0.3, -0.25) is 4.79 Å². The number of rotatable bonds is 4. The van der Waals surface area contributed by atoms with E-state index < -0.39 is 0 Å². The Morgan fingerprint density at radius 3 is 2.65 bits per heavy atom. The summed E-state index contributed by atoms with van der Waals surface area (Å²) in [7, 11) is 0. The third-order valence-corrected chi connectivity index (χ3v) is 4.48. The third kappa shape index (κ3) is 3.33. The molecule has 0 radical (unpaired) electrons. The number of hydrogen-bond acceptors (Lipinski definition) is 2. The van der Waals surface area contributed by atoms with Gasteiger partial charge in [-0.05, 0) is 30.9 Å². The number of nitrogens with zero attached hydrogens (tertiary/aromatic N) is 1. The summed E-state index contributed by atoms with van der Waals surface area (Å²) in [5, 5.41) is 0. The second kappa shape index (κ2) is 6.29. The number of carbonyl (C=O) groups excluding carboxylic acids is 1. The summed E-state index contributed by atoms with van der Waals surface area (Å²) in [5.74, 6) is 1.87. The zero-order chi connectivity index (χ0) is 13.8. The number of likely N-dealkylation sites (tertiary alicyclic amines) is 1. The van der Waals surface area contributed by atoms with E-state index in [-0.39, 0.29) is 6.10 Å². The first kappa shape index (κ1) is 13.5. The molecule has 1 aromatic carbocycles. The predicted octanol–water partition coefficient (Wildman–Crippen LogP) is 3.25. The highest BCUT2D eigenvalue weighted by Gasteiger charge is 2.29. The van der Waals surface area contributed by atoms with Crippen molar-refractivity contribution < 1.29 is 9.53 Å². The van der Waals surface area contributed by atoms with E-state index in [9.17, 15) is 4.79 Å². The average molecular weight is 273 g/mol. The highest BCUT2D eigenvalue weighted by atomic mass is 16.5. The smallest absolute Gasteiger partial charge is 0.222 e. The average Bonchev–Trinajstić information content (AvgIpc) is 3.11. The number of para-hydroxylation sites is 1. The minimum absolute atomic E-state index is 0.157. The molecule has 1 saturated carbocycles. The minimum Gasteiger partial charge on any atom is -0.489 e. The lowest BCUT2D eigenvalue weighted by molar-refractivity contribution is -0.131. The van der Waals surface area contributed by atoms with Crippen LogP contribution in [0.25, 0.3) is 0 Å². The highest BCUT2D eigenvalue weighted by molar-refractivity contribution is 5.76. The summed E-state index contributed by atoms with van der Waals surface area (Å²) in [6, 6.07) is 9.89. The Morgan fingerprint density at radius 1 is 1.15 bits per heavy atom. The van der Waals surface area contributed by atoms with Gasteiger partial charge >= 0.3 is 0 Å². The lowest BCUT2D eigenvalue weighted by Gasteiger charge is -2.19. The second-order valence-electron chi connectivity index (χ2n) is 6.04. The van der Waals surface area contributed by atoms with Gasteiger partial charge in [0.1, 0.15) is 11.9 Å². The van der Waals surface area contributed by atoms with E-state index in [0.29, 0.717) is 11.8 Å². The fraction of sp³-hybridized carbons (Fsp3) is 0.588. The van der Waals surface area contributed by atoms with Crippen molar-refractivity contribution in [2.75, 3.05) is 13.1 Å². The fourth-order valence-electron chi connectivity index (χ4n) is 3.33. The van der Waals surface area contributed by atoms with Gasteiger partial charge in [0.25, 0.3) is 0 Å². The molecule has 0 N–H and O–H groups in total. The zero-order valence-electron chi connectivity index (χ0n) is 12.0. The standard InChI is InChI=1S/C17H23NO2/c19-17(12-14-6-4-5-7-14)18-11-10-16(13-18)20-15-8-2-1-3-9-15/h1-3,8-9,14,16H,4-7,10-13H2. The summed E-state index contributed by atoms with van der Waals surface area (Å²) in [5.41, 5.74) is 0. The zero-order valence-corrected chi connectivity index (χ0v) is 12.0. The summed E-state index contributed by atoms with van der Waals surface area (Å²) in [6.07, 6.45) is 6.94. The van der Waals surface area contributed by atoms with E-state index >= 15 is 0 Å². The molecule has 1 unspecified atom stereocenters. The van der Waals surface area contributed by atoms with Crippen LogP contribution in [0.1, 0.15) is 38.5 Å². The molecule has 3 rings (SSSR count). The van der Waals surface area contributed by atoms with Gasteiger partial charge in [-0.25, -0.2) is 0 Å². The van der Waals surface area contributed by atoms with E-state index in [1.807, 2.05) is 35.2 Å². The van der Waals surface area contributed by atoms with Crippen LogP contribution < -0.4 is 4.74 Å². The lowest BCUT2D eigenvalue weighted by Crippen LogP contribution is -2.31. The molecule has 3 heteroatoms. The van der Waals surface area contributed by atoms with Gasteiger partial charge in [-0.2, -0.15) is 0 Å². The number of amides is 1. The number of carbonyl (C=O) groups is 1. The van der Waals surface area contributed by atoms with Crippen LogP contribution in [0.5, 0.6) is 5.75 Å². The summed E-state index contributed by atoms with van der Waals surface area (Å²) in [4.78, 5) is 14.3. The van der Waals surface area contributed by atoms with Crippen molar-refractivity contribution in [3.8, 4) is 5.75 Å². The van der Waals surface area contributed by atoms with E-state index in [1.165, 1.54) is 25.7 Å². The molecule has 1 heterocycles. The molecule has 2 fully saturated rings. The van der Waals surface area contributed by atoms with Crippen LogP contribution in [0.15, 0.2) is 30.3 Å². The van der Waals surface area contributed by atoms with Gasteiger partial charge in [-0.15, -0.1) is 0 Å². The highest BCUT2D eigenvalue weighted by Crippen LogP contribution is 2.29. The topological polar surface area (TPSA) is 29.5 Å². The predicted molar refractivity (Wildman–Crippen MR) is 78.6 cm³/mol. The van der Waals surface area contributed by atoms with Crippen LogP contribution in [-0.2, 0) is 4.79 Å². The van der Waals surface area contributed by atoms with E-state index in [2.05, 4.69) is 0 Å². The molecule has 2 aliphatic rings. The maximum absolute atomic E-state index is 12.3. The van der Waals surface area contributed by atoms with Crippen molar-refractivity contribution >= 4 is 5.91 Å². The second-order valence-corrected chi connectivity index (χ2v) is 6.04.